The van der Waals surface area contributed by atoms with Gasteiger partial charge in [-0.1, -0.05) is 23.7 Å². The van der Waals surface area contributed by atoms with Crippen LogP contribution in [0.15, 0.2) is 58.7 Å². The third-order valence-electron chi connectivity index (χ3n) is 6.79. The standard InChI is InChI=1S/C28H30ClNO6/c1-16-25(28(32)36-12-11-33-2)26(21-15-20(34-3)9-10-24(21)35-4)27-22(30-16)13-18(14-23(27)31)17-5-7-19(29)8-6-17/h5-10,15,18,25-26H,11-14H2,1-4H3/t18-,25?,26+/m1/s1. The number of hydrogen-bond acceptors (Lipinski definition) is 7. The van der Waals surface area contributed by atoms with Gasteiger partial charge in [0.25, 0.3) is 0 Å². The summed E-state index contributed by atoms with van der Waals surface area (Å²) in [5.41, 5.74) is 3.54. The minimum atomic E-state index is -0.780. The monoisotopic (exact) mass is 511 g/mol. The zero-order valence-corrected chi connectivity index (χ0v) is 21.6. The molecule has 7 nitrogen and oxygen atoms in total. The highest BCUT2D eigenvalue weighted by molar-refractivity contribution is 6.30. The fraction of sp³-hybridized carbons (Fsp3) is 0.393. The number of ketones is 1. The zero-order valence-electron chi connectivity index (χ0n) is 20.9. The highest BCUT2D eigenvalue weighted by Crippen LogP contribution is 2.49. The van der Waals surface area contributed by atoms with E-state index in [1.165, 1.54) is 0 Å². The molecule has 0 amide bonds. The first-order valence-electron chi connectivity index (χ1n) is 11.8. The number of esters is 1. The second kappa shape index (κ2) is 11.3. The van der Waals surface area contributed by atoms with Crippen molar-refractivity contribution in [3.63, 3.8) is 0 Å². The van der Waals surface area contributed by atoms with Gasteiger partial charge in [0, 0.05) is 47.0 Å². The largest absolute Gasteiger partial charge is 0.497 e. The molecule has 190 valence electrons. The van der Waals surface area contributed by atoms with Crippen LogP contribution in [0, 0.1) is 5.92 Å². The van der Waals surface area contributed by atoms with E-state index in [9.17, 15) is 9.59 Å². The van der Waals surface area contributed by atoms with Crippen molar-refractivity contribution in [2.45, 2.75) is 31.6 Å². The van der Waals surface area contributed by atoms with Crippen LogP contribution in [0.5, 0.6) is 11.5 Å². The molecule has 0 N–H and O–H groups in total. The minimum absolute atomic E-state index is 0.0249. The van der Waals surface area contributed by atoms with Gasteiger partial charge in [-0.25, -0.2) is 0 Å². The molecule has 8 heteroatoms. The molecule has 2 aromatic rings. The summed E-state index contributed by atoms with van der Waals surface area (Å²) in [6, 6.07) is 12.9. The third kappa shape index (κ3) is 5.18. The second-order valence-corrected chi connectivity index (χ2v) is 9.35. The zero-order chi connectivity index (χ0) is 25.8. The highest BCUT2D eigenvalue weighted by atomic mass is 35.5. The van der Waals surface area contributed by atoms with Crippen molar-refractivity contribution < 1.29 is 28.5 Å². The van der Waals surface area contributed by atoms with Crippen molar-refractivity contribution in [1.29, 1.82) is 0 Å². The molecule has 3 atom stereocenters. The number of nitrogens with zero attached hydrogens (tertiary/aromatic N) is 1. The van der Waals surface area contributed by atoms with Gasteiger partial charge in [-0.15, -0.1) is 0 Å². The number of carbonyl (C=O) groups excluding carboxylic acids is 2. The molecule has 2 aliphatic rings. The summed E-state index contributed by atoms with van der Waals surface area (Å²) in [4.78, 5) is 31.9. The molecule has 0 radical (unpaired) electrons. The van der Waals surface area contributed by atoms with Crippen LogP contribution in [-0.2, 0) is 19.1 Å². The lowest BCUT2D eigenvalue weighted by atomic mass is 9.69. The van der Waals surface area contributed by atoms with Crippen molar-refractivity contribution in [2.75, 3.05) is 34.5 Å². The van der Waals surface area contributed by atoms with Crippen molar-refractivity contribution in [2.24, 2.45) is 10.9 Å². The maximum atomic E-state index is 13.8. The summed E-state index contributed by atoms with van der Waals surface area (Å²) in [7, 11) is 4.68. The Balaban J connectivity index is 1.82. The number of methoxy groups -OCH3 is 3. The van der Waals surface area contributed by atoms with Crippen LogP contribution < -0.4 is 9.47 Å². The van der Waals surface area contributed by atoms with E-state index >= 15 is 0 Å². The number of carbonyl (C=O) groups is 2. The lowest BCUT2D eigenvalue weighted by Crippen LogP contribution is -2.38. The quantitative estimate of drug-likeness (QED) is 0.361. The van der Waals surface area contributed by atoms with Crippen LogP contribution in [-0.4, -0.2) is 52.0 Å². The average molecular weight is 512 g/mol. The number of halogens is 1. The SMILES string of the molecule is COCCOC(=O)C1C(C)=NC2=C(C(=O)C[C@H](c3ccc(Cl)cc3)C2)[C@H]1c1cc(OC)ccc1OC. The van der Waals surface area contributed by atoms with Crippen LogP contribution in [0.4, 0.5) is 0 Å². The van der Waals surface area contributed by atoms with Gasteiger partial charge in [-0.2, -0.15) is 0 Å². The Morgan fingerprint density at radius 1 is 1.03 bits per heavy atom. The first-order valence-corrected chi connectivity index (χ1v) is 12.2. The lowest BCUT2D eigenvalue weighted by Gasteiger charge is -2.37. The summed E-state index contributed by atoms with van der Waals surface area (Å²) >= 11 is 6.07. The Kier molecular flexibility index (Phi) is 8.11. The molecule has 1 aliphatic carbocycles. The number of benzene rings is 2. The first-order chi connectivity index (χ1) is 17.4. The number of hydrogen-bond donors (Lipinski definition) is 0. The topological polar surface area (TPSA) is 83.4 Å². The van der Waals surface area contributed by atoms with Gasteiger partial charge in [-0.05, 0) is 55.2 Å². The normalized spacial score (nSPS) is 21.5. The van der Waals surface area contributed by atoms with E-state index in [-0.39, 0.29) is 24.9 Å². The molecule has 1 heterocycles. The van der Waals surface area contributed by atoms with E-state index in [2.05, 4.69) is 0 Å². The van der Waals surface area contributed by atoms with Gasteiger partial charge in [-0.3, -0.25) is 14.6 Å². The van der Waals surface area contributed by atoms with E-state index < -0.39 is 17.8 Å². The van der Waals surface area contributed by atoms with Crippen LogP contribution in [0.25, 0.3) is 0 Å². The average Bonchev–Trinajstić information content (AvgIpc) is 2.87. The fourth-order valence-corrected chi connectivity index (χ4v) is 5.20. The molecule has 0 fully saturated rings. The van der Waals surface area contributed by atoms with E-state index in [1.807, 2.05) is 37.3 Å². The van der Waals surface area contributed by atoms with Crippen LogP contribution >= 0.6 is 11.6 Å². The van der Waals surface area contributed by atoms with Gasteiger partial charge >= 0.3 is 5.97 Å². The van der Waals surface area contributed by atoms with Gasteiger partial charge in [0.2, 0.25) is 0 Å². The molecular formula is C28H30ClNO6. The summed E-state index contributed by atoms with van der Waals surface area (Å²) in [6.07, 6.45) is 0.886. The number of ether oxygens (including phenoxy) is 4. The van der Waals surface area contributed by atoms with Crippen molar-refractivity contribution in [3.8, 4) is 11.5 Å². The predicted octanol–water partition coefficient (Wildman–Crippen LogP) is 5.12. The van der Waals surface area contributed by atoms with Crippen LogP contribution in [0.2, 0.25) is 5.02 Å². The fourth-order valence-electron chi connectivity index (χ4n) is 5.07. The molecule has 0 spiro atoms. The first kappa shape index (κ1) is 25.9. The molecule has 0 aromatic heterocycles. The molecule has 2 aromatic carbocycles. The Morgan fingerprint density at radius 3 is 2.44 bits per heavy atom. The smallest absolute Gasteiger partial charge is 0.315 e. The van der Waals surface area contributed by atoms with E-state index in [0.717, 1.165) is 5.56 Å². The Hall–Kier alpha value is -3.16. The molecule has 1 aliphatic heterocycles. The Labute approximate surface area is 216 Å². The molecular weight excluding hydrogens is 482 g/mol. The van der Waals surface area contributed by atoms with Crippen molar-refractivity contribution in [3.05, 3.63) is 69.9 Å². The van der Waals surface area contributed by atoms with E-state index in [1.54, 1.807) is 33.5 Å². The summed E-state index contributed by atoms with van der Waals surface area (Å²) in [5.74, 6) is -0.761. The third-order valence-corrected chi connectivity index (χ3v) is 7.04. The van der Waals surface area contributed by atoms with Crippen LogP contribution in [0.3, 0.4) is 0 Å². The van der Waals surface area contributed by atoms with Gasteiger partial charge in [0.15, 0.2) is 5.78 Å². The predicted molar refractivity (Wildman–Crippen MR) is 137 cm³/mol. The molecule has 0 saturated heterocycles. The molecule has 36 heavy (non-hydrogen) atoms. The summed E-state index contributed by atoms with van der Waals surface area (Å²) in [5, 5.41) is 0.646. The minimum Gasteiger partial charge on any atom is -0.497 e. The number of Topliss-reactive ketones (excluding diaryl/α,β-unsaturated/α-hetero) is 1. The van der Waals surface area contributed by atoms with Crippen LogP contribution in [0.1, 0.15) is 42.7 Å². The number of allylic oxidation sites excluding steroid dienone is 2. The Bertz CT molecular complexity index is 1200. The summed E-state index contributed by atoms with van der Waals surface area (Å²) in [6.45, 7) is 2.19. The molecule has 1 unspecified atom stereocenters. The van der Waals surface area contributed by atoms with Gasteiger partial charge in [0.05, 0.1) is 20.8 Å². The second-order valence-electron chi connectivity index (χ2n) is 8.92. The number of aliphatic imine (C=N–C) groups is 1. The Morgan fingerprint density at radius 2 is 1.78 bits per heavy atom. The van der Waals surface area contributed by atoms with Gasteiger partial charge in [0.1, 0.15) is 24.0 Å². The molecule has 0 bridgehead atoms. The number of rotatable bonds is 8. The summed E-state index contributed by atoms with van der Waals surface area (Å²) < 4.78 is 21.7. The lowest BCUT2D eigenvalue weighted by molar-refractivity contribution is -0.147. The van der Waals surface area contributed by atoms with E-state index in [4.69, 9.17) is 35.5 Å². The molecule has 4 rings (SSSR count). The van der Waals surface area contributed by atoms with E-state index in [0.29, 0.717) is 51.9 Å². The van der Waals surface area contributed by atoms with Gasteiger partial charge < -0.3 is 18.9 Å². The highest BCUT2D eigenvalue weighted by Gasteiger charge is 2.46. The molecule has 0 saturated carbocycles. The van der Waals surface area contributed by atoms with Crippen molar-refractivity contribution in [1.82, 2.24) is 0 Å². The maximum Gasteiger partial charge on any atom is 0.315 e. The van der Waals surface area contributed by atoms with Crippen molar-refractivity contribution >= 4 is 29.1 Å². The maximum absolute atomic E-state index is 13.8.